The number of aromatic nitrogens is 1. The van der Waals surface area contributed by atoms with Gasteiger partial charge in [0.05, 0.1) is 18.8 Å². The minimum atomic E-state index is -0.496. The molecule has 0 radical (unpaired) electrons. The largest absolute Gasteiger partial charge is 0.493 e. The molecule has 1 amide bonds. The van der Waals surface area contributed by atoms with E-state index in [0.717, 1.165) is 29.7 Å². The van der Waals surface area contributed by atoms with Crippen molar-refractivity contribution in [2.24, 2.45) is 0 Å². The molecule has 6 nitrogen and oxygen atoms in total. The number of methoxy groups -OCH3 is 1. The molecule has 0 aliphatic carbocycles. The average molecular weight is 445 g/mol. The van der Waals surface area contributed by atoms with E-state index < -0.39 is 11.7 Å². The molecule has 5 rings (SSSR count). The van der Waals surface area contributed by atoms with E-state index in [-0.39, 0.29) is 18.3 Å². The fraction of sp³-hybridized carbons (Fsp3) is 0.192. The van der Waals surface area contributed by atoms with Crippen LogP contribution in [0.1, 0.15) is 22.9 Å². The van der Waals surface area contributed by atoms with Crippen LogP contribution in [0.4, 0.5) is 10.1 Å². The second-order valence-electron chi connectivity index (χ2n) is 7.93. The van der Waals surface area contributed by atoms with E-state index in [2.05, 4.69) is 33.8 Å². The molecule has 3 N–H and O–H groups in total. The maximum Gasteiger partial charge on any atom is 0.262 e. The van der Waals surface area contributed by atoms with Gasteiger partial charge in [-0.1, -0.05) is 36.4 Å². The van der Waals surface area contributed by atoms with Gasteiger partial charge in [0.1, 0.15) is 5.82 Å². The molecule has 168 valence electrons. The van der Waals surface area contributed by atoms with Crippen LogP contribution in [0.15, 0.2) is 66.7 Å². The van der Waals surface area contributed by atoms with Crippen LogP contribution < -0.4 is 20.1 Å². The van der Waals surface area contributed by atoms with Crippen molar-refractivity contribution in [2.45, 2.75) is 12.5 Å². The zero-order chi connectivity index (χ0) is 22.8. The lowest BCUT2D eigenvalue weighted by atomic mass is 9.94. The van der Waals surface area contributed by atoms with E-state index in [1.807, 2.05) is 18.2 Å². The molecular weight excluding hydrogens is 421 g/mol. The predicted molar refractivity (Wildman–Crippen MR) is 125 cm³/mol. The Bertz CT molecular complexity index is 1320. The third-order valence-electron chi connectivity index (χ3n) is 5.89. The predicted octanol–water partition coefficient (Wildman–Crippen LogP) is 4.57. The van der Waals surface area contributed by atoms with Crippen LogP contribution in [0, 0.1) is 5.82 Å². The van der Waals surface area contributed by atoms with E-state index in [1.54, 1.807) is 25.3 Å². The molecular formula is C26H24FN3O3. The number of carbonyl (C=O) groups is 1. The zero-order valence-electron chi connectivity index (χ0n) is 18.2. The Morgan fingerprint density at radius 3 is 2.76 bits per heavy atom. The highest BCUT2D eigenvalue weighted by Crippen LogP contribution is 2.37. The molecule has 1 aliphatic heterocycles. The van der Waals surface area contributed by atoms with Crippen LogP contribution in [0.25, 0.3) is 10.9 Å². The maximum atomic E-state index is 13.7. The average Bonchev–Trinajstić information content (AvgIpc) is 3.23. The Kier molecular flexibility index (Phi) is 5.71. The molecule has 7 heteroatoms. The van der Waals surface area contributed by atoms with Gasteiger partial charge in [-0.05, 0) is 47.9 Å². The fourth-order valence-corrected chi connectivity index (χ4v) is 4.34. The third-order valence-corrected chi connectivity index (χ3v) is 5.89. The molecule has 1 atom stereocenters. The van der Waals surface area contributed by atoms with Crippen LogP contribution in [-0.2, 0) is 11.2 Å². The molecule has 0 fully saturated rings. The molecule has 1 aliphatic rings. The summed E-state index contributed by atoms with van der Waals surface area (Å²) in [5, 5.41) is 7.35. The number of rotatable bonds is 6. The highest BCUT2D eigenvalue weighted by Gasteiger charge is 2.26. The van der Waals surface area contributed by atoms with Gasteiger partial charge in [0, 0.05) is 23.1 Å². The highest BCUT2D eigenvalue weighted by molar-refractivity contribution is 5.92. The number of ether oxygens (including phenoxy) is 2. The number of fused-ring (bicyclic) bond motifs is 3. The third kappa shape index (κ3) is 4.15. The van der Waals surface area contributed by atoms with Gasteiger partial charge in [-0.25, -0.2) is 4.39 Å². The van der Waals surface area contributed by atoms with E-state index in [4.69, 9.17) is 9.47 Å². The number of hydrogen-bond donors (Lipinski definition) is 3. The highest BCUT2D eigenvalue weighted by atomic mass is 19.1. The summed E-state index contributed by atoms with van der Waals surface area (Å²) >= 11 is 0. The number of amides is 1. The quantitative estimate of drug-likeness (QED) is 0.407. The van der Waals surface area contributed by atoms with Crippen LogP contribution in [0.5, 0.6) is 11.5 Å². The number of anilines is 1. The van der Waals surface area contributed by atoms with Gasteiger partial charge in [-0.15, -0.1) is 0 Å². The minimum Gasteiger partial charge on any atom is -0.493 e. The minimum absolute atomic E-state index is 0.00606. The standard InChI is InChI=1S/C26H24FN3O3/c1-32-23-14-16(25-26-18(12-13-28-25)17-6-2-4-8-20(17)30-26)10-11-22(23)33-15-24(31)29-21-9-5-3-7-19(21)27/h2-11,14,25,28,30H,12-13,15H2,1H3,(H,29,31)/t25-/m0/s1. The Balaban J connectivity index is 1.34. The van der Waals surface area contributed by atoms with Gasteiger partial charge >= 0.3 is 0 Å². The molecule has 2 heterocycles. The topological polar surface area (TPSA) is 75.4 Å². The van der Waals surface area contributed by atoms with Gasteiger partial charge in [0.25, 0.3) is 5.91 Å². The molecule has 4 aromatic rings. The van der Waals surface area contributed by atoms with Gasteiger partial charge in [0.2, 0.25) is 0 Å². The summed E-state index contributed by atoms with van der Waals surface area (Å²) in [5.41, 5.74) is 4.76. The number of benzene rings is 3. The Hall–Kier alpha value is -3.84. The number of hydrogen-bond acceptors (Lipinski definition) is 4. The second-order valence-corrected chi connectivity index (χ2v) is 7.93. The van der Waals surface area contributed by atoms with Crippen molar-refractivity contribution in [3.05, 3.63) is 89.4 Å². The van der Waals surface area contributed by atoms with Crippen molar-refractivity contribution in [3.63, 3.8) is 0 Å². The van der Waals surface area contributed by atoms with Crippen molar-refractivity contribution < 1.29 is 18.7 Å². The van der Waals surface area contributed by atoms with E-state index >= 15 is 0 Å². The van der Waals surface area contributed by atoms with Gasteiger partial charge < -0.3 is 25.1 Å². The van der Waals surface area contributed by atoms with Gasteiger partial charge in [-0.3, -0.25) is 4.79 Å². The summed E-state index contributed by atoms with van der Waals surface area (Å²) in [5.74, 6) is 0.0147. The number of nitrogens with one attached hydrogen (secondary N) is 3. The van der Waals surface area contributed by atoms with E-state index in [9.17, 15) is 9.18 Å². The first kappa shape index (κ1) is 21.0. The van der Waals surface area contributed by atoms with Crippen LogP contribution in [-0.4, -0.2) is 31.2 Å². The monoisotopic (exact) mass is 445 g/mol. The number of aromatic amines is 1. The molecule has 0 saturated carbocycles. The molecule has 0 spiro atoms. The van der Waals surface area contributed by atoms with Crippen molar-refractivity contribution in [1.29, 1.82) is 0 Å². The first-order valence-corrected chi connectivity index (χ1v) is 10.8. The lowest BCUT2D eigenvalue weighted by Gasteiger charge is -2.25. The fourth-order valence-electron chi connectivity index (χ4n) is 4.34. The molecule has 1 aromatic heterocycles. The summed E-state index contributed by atoms with van der Waals surface area (Å²) in [6.45, 7) is 0.605. The summed E-state index contributed by atoms with van der Waals surface area (Å²) in [6, 6.07) is 20.0. The molecule has 0 bridgehead atoms. The molecule has 0 saturated heterocycles. The van der Waals surface area contributed by atoms with Crippen molar-refractivity contribution >= 4 is 22.5 Å². The maximum absolute atomic E-state index is 13.7. The number of para-hydroxylation sites is 2. The van der Waals surface area contributed by atoms with Crippen LogP contribution in [0.3, 0.4) is 0 Å². The summed E-state index contributed by atoms with van der Waals surface area (Å²) < 4.78 is 25.0. The number of carbonyl (C=O) groups excluding carboxylic acids is 1. The SMILES string of the molecule is COc1cc([C@@H]2NCCc3c2[nH]c2ccccc32)ccc1OCC(=O)Nc1ccccc1F. The van der Waals surface area contributed by atoms with Crippen molar-refractivity contribution in [2.75, 3.05) is 25.6 Å². The Labute approximate surface area is 190 Å². The van der Waals surface area contributed by atoms with Gasteiger partial charge in [-0.2, -0.15) is 0 Å². The summed E-state index contributed by atoms with van der Waals surface area (Å²) in [4.78, 5) is 15.8. The lowest BCUT2D eigenvalue weighted by molar-refractivity contribution is -0.118. The van der Waals surface area contributed by atoms with Crippen molar-refractivity contribution in [3.8, 4) is 11.5 Å². The normalized spacial score (nSPS) is 15.2. The Morgan fingerprint density at radius 1 is 1.09 bits per heavy atom. The van der Waals surface area contributed by atoms with E-state index in [1.165, 1.54) is 23.1 Å². The number of H-pyrrole nitrogens is 1. The first-order chi connectivity index (χ1) is 16.1. The zero-order valence-corrected chi connectivity index (χ0v) is 18.2. The summed E-state index contributed by atoms with van der Waals surface area (Å²) in [7, 11) is 1.56. The molecule has 33 heavy (non-hydrogen) atoms. The smallest absolute Gasteiger partial charge is 0.262 e. The number of halogens is 1. The second kappa shape index (κ2) is 8.96. The first-order valence-electron chi connectivity index (χ1n) is 10.8. The Morgan fingerprint density at radius 2 is 1.91 bits per heavy atom. The van der Waals surface area contributed by atoms with Crippen LogP contribution >= 0.6 is 0 Å². The lowest BCUT2D eigenvalue weighted by Crippen LogP contribution is -2.30. The van der Waals surface area contributed by atoms with Crippen LogP contribution in [0.2, 0.25) is 0 Å². The molecule has 0 unspecified atom stereocenters. The molecule has 3 aromatic carbocycles. The summed E-state index contributed by atoms with van der Waals surface area (Å²) in [6.07, 6.45) is 0.964. The van der Waals surface area contributed by atoms with Gasteiger partial charge in [0.15, 0.2) is 18.1 Å². The van der Waals surface area contributed by atoms with Crippen molar-refractivity contribution in [1.82, 2.24) is 10.3 Å². The van der Waals surface area contributed by atoms with E-state index in [0.29, 0.717) is 11.5 Å².